The standard InChI is InChI=1S/C12H16N4O2/c1-7-5-15(12(17)18)6-9-4-8-2-3-10(13)14-11(8)16(7)9/h2-3,7,9H,4-6H2,1H3,(H2,13,14)(H,17,18)/t7-,9-/m1/s1. The van der Waals surface area contributed by atoms with Gasteiger partial charge in [-0.05, 0) is 25.0 Å². The summed E-state index contributed by atoms with van der Waals surface area (Å²) in [6.45, 7) is 3.08. The minimum atomic E-state index is -0.843. The molecule has 2 aliphatic rings. The molecule has 2 atom stereocenters. The smallest absolute Gasteiger partial charge is 0.407 e. The van der Waals surface area contributed by atoms with Crippen molar-refractivity contribution >= 4 is 17.7 Å². The molecule has 0 unspecified atom stereocenters. The first-order chi connectivity index (χ1) is 8.56. The van der Waals surface area contributed by atoms with Crippen LogP contribution >= 0.6 is 0 Å². The Kier molecular flexibility index (Phi) is 2.33. The Morgan fingerprint density at radius 3 is 3.00 bits per heavy atom. The van der Waals surface area contributed by atoms with Gasteiger partial charge in [0.1, 0.15) is 11.6 Å². The minimum absolute atomic E-state index is 0.135. The summed E-state index contributed by atoms with van der Waals surface area (Å²) in [7, 11) is 0. The molecule has 3 N–H and O–H groups in total. The summed E-state index contributed by atoms with van der Waals surface area (Å²) in [6, 6.07) is 4.12. The molecule has 18 heavy (non-hydrogen) atoms. The average molecular weight is 248 g/mol. The van der Waals surface area contributed by atoms with E-state index in [9.17, 15) is 4.79 Å². The van der Waals surface area contributed by atoms with Gasteiger partial charge in [-0.3, -0.25) is 0 Å². The highest BCUT2D eigenvalue weighted by atomic mass is 16.4. The van der Waals surface area contributed by atoms with Crippen LogP contribution in [0.3, 0.4) is 0 Å². The molecule has 0 radical (unpaired) electrons. The van der Waals surface area contributed by atoms with Crippen LogP contribution in [0.5, 0.6) is 0 Å². The number of nitrogens with zero attached hydrogens (tertiary/aromatic N) is 3. The van der Waals surface area contributed by atoms with Crippen LogP contribution in [0.1, 0.15) is 12.5 Å². The second-order valence-electron chi connectivity index (χ2n) is 5.02. The number of piperazine rings is 1. The maximum absolute atomic E-state index is 11.1. The zero-order valence-electron chi connectivity index (χ0n) is 10.2. The Balaban J connectivity index is 1.93. The number of pyridine rings is 1. The Morgan fingerprint density at radius 2 is 2.28 bits per heavy atom. The van der Waals surface area contributed by atoms with Crippen molar-refractivity contribution in [2.75, 3.05) is 23.7 Å². The summed E-state index contributed by atoms with van der Waals surface area (Å²) in [6.07, 6.45) is 0.00132. The van der Waals surface area contributed by atoms with E-state index in [4.69, 9.17) is 10.8 Å². The summed E-state index contributed by atoms with van der Waals surface area (Å²) in [5.74, 6) is 1.44. The number of nitrogen functional groups attached to an aromatic ring is 1. The number of carbonyl (C=O) groups is 1. The van der Waals surface area contributed by atoms with Crippen molar-refractivity contribution in [3.63, 3.8) is 0 Å². The first kappa shape index (κ1) is 11.1. The molecule has 1 aromatic heterocycles. The number of fused-ring (bicyclic) bond motifs is 3. The van der Waals surface area contributed by atoms with Crippen LogP contribution < -0.4 is 10.6 Å². The SMILES string of the molecule is C[C@@H]1CN(C(=O)O)C[C@H]2Cc3ccc(N)nc3N21. The van der Waals surface area contributed by atoms with Crippen LogP contribution in [0.4, 0.5) is 16.4 Å². The van der Waals surface area contributed by atoms with Crippen molar-refractivity contribution in [2.45, 2.75) is 25.4 Å². The number of aromatic nitrogens is 1. The van der Waals surface area contributed by atoms with E-state index in [0.29, 0.717) is 18.9 Å². The normalized spacial score (nSPS) is 25.8. The molecule has 3 rings (SSSR count). The first-order valence-corrected chi connectivity index (χ1v) is 6.08. The molecule has 1 aromatic rings. The lowest BCUT2D eigenvalue weighted by Crippen LogP contribution is -2.57. The molecule has 0 saturated carbocycles. The fourth-order valence-electron chi connectivity index (χ4n) is 3.01. The summed E-state index contributed by atoms with van der Waals surface area (Å²) in [4.78, 5) is 19.2. The van der Waals surface area contributed by atoms with Crippen LogP contribution in [0.15, 0.2) is 12.1 Å². The Morgan fingerprint density at radius 1 is 1.50 bits per heavy atom. The number of hydrogen-bond acceptors (Lipinski definition) is 4. The summed E-state index contributed by atoms with van der Waals surface area (Å²) < 4.78 is 0. The topological polar surface area (TPSA) is 82.7 Å². The van der Waals surface area contributed by atoms with Crippen LogP contribution in [-0.2, 0) is 6.42 Å². The van der Waals surface area contributed by atoms with E-state index < -0.39 is 6.09 Å². The van der Waals surface area contributed by atoms with Crippen LogP contribution in [0, 0.1) is 0 Å². The minimum Gasteiger partial charge on any atom is -0.465 e. The average Bonchev–Trinajstić information content (AvgIpc) is 2.66. The Bertz CT molecular complexity index is 505. The fourth-order valence-corrected chi connectivity index (χ4v) is 3.01. The number of carboxylic acid groups (broad SMARTS) is 1. The molecule has 1 saturated heterocycles. The van der Waals surface area contributed by atoms with Gasteiger partial charge in [0.05, 0.1) is 6.04 Å². The van der Waals surface area contributed by atoms with E-state index in [1.807, 2.05) is 13.0 Å². The third kappa shape index (κ3) is 1.56. The van der Waals surface area contributed by atoms with Crippen LogP contribution in [-0.4, -0.2) is 46.3 Å². The number of hydrogen-bond donors (Lipinski definition) is 2. The predicted octanol–water partition coefficient (Wildman–Crippen LogP) is 0.777. The maximum Gasteiger partial charge on any atom is 0.407 e. The van der Waals surface area contributed by atoms with E-state index in [1.165, 1.54) is 4.90 Å². The van der Waals surface area contributed by atoms with Crippen molar-refractivity contribution in [2.24, 2.45) is 0 Å². The maximum atomic E-state index is 11.1. The third-order valence-corrected chi connectivity index (χ3v) is 3.73. The highest BCUT2D eigenvalue weighted by Crippen LogP contribution is 2.35. The lowest BCUT2D eigenvalue weighted by atomic mass is 10.1. The van der Waals surface area contributed by atoms with Gasteiger partial charge in [-0.2, -0.15) is 0 Å². The second kappa shape index (κ2) is 3.76. The van der Waals surface area contributed by atoms with Gasteiger partial charge in [0.2, 0.25) is 0 Å². The number of rotatable bonds is 0. The molecule has 0 bridgehead atoms. The highest BCUT2D eigenvalue weighted by Gasteiger charge is 2.40. The molecule has 1 fully saturated rings. The molecule has 96 valence electrons. The summed E-state index contributed by atoms with van der Waals surface area (Å²) in [5.41, 5.74) is 6.89. The van der Waals surface area contributed by atoms with Crippen molar-refractivity contribution in [1.29, 1.82) is 0 Å². The number of amides is 1. The van der Waals surface area contributed by atoms with Gasteiger partial charge in [0.25, 0.3) is 0 Å². The zero-order valence-corrected chi connectivity index (χ0v) is 10.2. The molecule has 2 aliphatic heterocycles. The largest absolute Gasteiger partial charge is 0.465 e. The van der Waals surface area contributed by atoms with E-state index in [-0.39, 0.29) is 12.1 Å². The highest BCUT2D eigenvalue weighted by molar-refractivity contribution is 5.67. The van der Waals surface area contributed by atoms with E-state index in [1.54, 1.807) is 6.07 Å². The number of anilines is 2. The lowest BCUT2D eigenvalue weighted by Gasteiger charge is -2.42. The molecular formula is C12H16N4O2. The van der Waals surface area contributed by atoms with Crippen LogP contribution in [0.25, 0.3) is 0 Å². The van der Waals surface area contributed by atoms with Gasteiger partial charge >= 0.3 is 6.09 Å². The van der Waals surface area contributed by atoms with E-state index in [2.05, 4.69) is 9.88 Å². The van der Waals surface area contributed by atoms with Gasteiger partial charge in [0, 0.05) is 19.1 Å². The predicted molar refractivity (Wildman–Crippen MR) is 67.7 cm³/mol. The molecular weight excluding hydrogens is 232 g/mol. The molecule has 6 nitrogen and oxygen atoms in total. The molecule has 0 spiro atoms. The molecule has 6 heteroatoms. The quantitative estimate of drug-likeness (QED) is 0.709. The third-order valence-electron chi connectivity index (χ3n) is 3.73. The molecule has 1 amide bonds. The molecule has 3 heterocycles. The first-order valence-electron chi connectivity index (χ1n) is 6.08. The van der Waals surface area contributed by atoms with Crippen molar-refractivity contribution in [3.05, 3.63) is 17.7 Å². The summed E-state index contributed by atoms with van der Waals surface area (Å²) >= 11 is 0. The van der Waals surface area contributed by atoms with Gasteiger partial charge in [0.15, 0.2) is 0 Å². The van der Waals surface area contributed by atoms with Gasteiger partial charge in [-0.25, -0.2) is 9.78 Å². The molecule has 0 aliphatic carbocycles. The summed E-state index contributed by atoms with van der Waals surface area (Å²) in [5, 5.41) is 9.11. The van der Waals surface area contributed by atoms with Crippen LogP contribution in [0.2, 0.25) is 0 Å². The van der Waals surface area contributed by atoms with Crippen molar-refractivity contribution < 1.29 is 9.90 Å². The fraction of sp³-hybridized carbons (Fsp3) is 0.500. The van der Waals surface area contributed by atoms with Gasteiger partial charge in [-0.15, -0.1) is 0 Å². The lowest BCUT2D eigenvalue weighted by molar-refractivity contribution is 0.128. The second-order valence-corrected chi connectivity index (χ2v) is 5.02. The molecule has 0 aromatic carbocycles. The van der Waals surface area contributed by atoms with Gasteiger partial charge < -0.3 is 20.6 Å². The number of nitrogens with two attached hydrogens (primary N) is 1. The van der Waals surface area contributed by atoms with E-state index in [0.717, 1.165) is 17.8 Å². The van der Waals surface area contributed by atoms with Crippen molar-refractivity contribution in [1.82, 2.24) is 9.88 Å². The zero-order chi connectivity index (χ0) is 12.9. The van der Waals surface area contributed by atoms with Crippen molar-refractivity contribution in [3.8, 4) is 0 Å². The van der Waals surface area contributed by atoms with Gasteiger partial charge in [-0.1, -0.05) is 6.07 Å². The Labute approximate surface area is 105 Å². The Hall–Kier alpha value is -1.98. The van der Waals surface area contributed by atoms with E-state index >= 15 is 0 Å². The monoisotopic (exact) mass is 248 g/mol.